The van der Waals surface area contributed by atoms with Crippen LogP contribution < -0.4 is 4.73 Å². The molecule has 4 nitrogen and oxygen atoms in total. The van der Waals surface area contributed by atoms with Crippen molar-refractivity contribution in [3.05, 3.63) is 46.1 Å². The maximum absolute atomic E-state index is 11.3. The van der Waals surface area contributed by atoms with Crippen molar-refractivity contribution < 1.29 is 4.73 Å². The molecule has 0 N–H and O–H groups in total. The molecule has 0 spiro atoms. The molecule has 2 aromatic heterocycles. The van der Waals surface area contributed by atoms with Crippen LogP contribution in [0.4, 0.5) is 0 Å². The molecular formula is C10H8BrN3O. The molecular weight excluding hydrogens is 258 g/mol. The third-order valence-corrected chi connectivity index (χ3v) is 2.48. The third-order valence-electron chi connectivity index (χ3n) is 2.07. The van der Waals surface area contributed by atoms with Crippen LogP contribution >= 0.6 is 15.9 Å². The molecule has 5 heteroatoms. The summed E-state index contributed by atoms with van der Waals surface area (Å²) in [6, 6.07) is 3.51. The lowest BCUT2D eigenvalue weighted by Gasteiger charge is -2.04. The Morgan fingerprint density at radius 2 is 2.00 bits per heavy atom. The van der Waals surface area contributed by atoms with E-state index < -0.39 is 0 Å². The van der Waals surface area contributed by atoms with E-state index in [0.29, 0.717) is 11.5 Å². The second-order valence-corrected chi connectivity index (χ2v) is 3.97. The van der Waals surface area contributed by atoms with Gasteiger partial charge in [0, 0.05) is 25.4 Å². The molecule has 0 unspecified atom stereocenters. The van der Waals surface area contributed by atoms with Crippen molar-refractivity contribution in [2.24, 2.45) is 0 Å². The fraction of sp³-hybridized carbons (Fsp3) is 0.100. The Morgan fingerprint density at radius 1 is 1.33 bits per heavy atom. The summed E-state index contributed by atoms with van der Waals surface area (Å²) in [5, 5.41) is 11.3. The first-order chi connectivity index (χ1) is 7.18. The van der Waals surface area contributed by atoms with Gasteiger partial charge < -0.3 is 5.21 Å². The van der Waals surface area contributed by atoms with Gasteiger partial charge in [0.25, 0.3) is 0 Å². The van der Waals surface area contributed by atoms with Crippen molar-refractivity contribution in [3.8, 4) is 11.4 Å². The molecule has 76 valence electrons. The van der Waals surface area contributed by atoms with Gasteiger partial charge in [0.05, 0.1) is 10.0 Å². The monoisotopic (exact) mass is 265 g/mol. The van der Waals surface area contributed by atoms with Crippen LogP contribution in [0.15, 0.2) is 35.2 Å². The molecule has 0 saturated carbocycles. The Bertz CT molecular complexity index is 485. The van der Waals surface area contributed by atoms with Gasteiger partial charge in [-0.05, 0) is 22.0 Å². The number of hydrogen-bond donors (Lipinski definition) is 0. The van der Waals surface area contributed by atoms with Crippen LogP contribution in [0.25, 0.3) is 11.4 Å². The normalized spacial score (nSPS) is 10.3. The van der Waals surface area contributed by atoms with Crippen molar-refractivity contribution >= 4 is 15.9 Å². The molecule has 2 heterocycles. The molecule has 0 aliphatic heterocycles. The molecule has 2 rings (SSSR count). The molecule has 0 amide bonds. The highest BCUT2D eigenvalue weighted by molar-refractivity contribution is 9.10. The highest BCUT2D eigenvalue weighted by atomic mass is 79.9. The van der Waals surface area contributed by atoms with Gasteiger partial charge in [0.2, 0.25) is 5.69 Å². The quantitative estimate of drug-likeness (QED) is 0.584. The topological polar surface area (TPSA) is 52.7 Å². The lowest BCUT2D eigenvalue weighted by molar-refractivity contribution is -0.611. The van der Waals surface area contributed by atoms with Crippen LogP contribution in [0.2, 0.25) is 0 Å². The molecule has 0 atom stereocenters. The minimum Gasteiger partial charge on any atom is -0.618 e. The van der Waals surface area contributed by atoms with Crippen LogP contribution in [-0.4, -0.2) is 9.97 Å². The second kappa shape index (κ2) is 3.94. The van der Waals surface area contributed by atoms with Gasteiger partial charge in [-0.15, -0.1) is 0 Å². The molecule has 0 aliphatic carbocycles. The van der Waals surface area contributed by atoms with Crippen LogP contribution in [0.3, 0.4) is 0 Å². The summed E-state index contributed by atoms with van der Waals surface area (Å²) in [4.78, 5) is 8.28. The molecule has 15 heavy (non-hydrogen) atoms. The first-order valence-electron chi connectivity index (χ1n) is 4.35. The number of aromatic nitrogens is 3. The largest absolute Gasteiger partial charge is 0.618 e. The van der Waals surface area contributed by atoms with Gasteiger partial charge in [-0.2, -0.15) is 4.73 Å². The van der Waals surface area contributed by atoms with E-state index in [9.17, 15) is 5.21 Å². The van der Waals surface area contributed by atoms with Crippen LogP contribution in [0.5, 0.6) is 0 Å². The van der Waals surface area contributed by atoms with Gasteiger partial charge in [-0.25, -0.2) is 9.97 Å². The SMILES string of the molecule is Cc1c(-c2ncc(Br)cn2)ccc[n+]1[O-]. The standard InChI is InChI=1S/C10H8BrN3O/c1-7-9(3-2-4-14(7)15)10-12-5-8(11)6-13-10/h2-6H,1H3. The van der Waals surface area contributed by atoms with Crippen molar-refractivity contribution in [1.82, 2.24) is 9.97 Å². The maximum Gasteiger partial charge on any atom is 0.200 e. The van der Waals surface area contributed by atoms with E-state index in [1.165, 1.54) is 6.20 Å². The molecule has 0 bridgehead atoms. The first-order valence-corrected chi connectivity index (χ1v) is 5.14. The van der Waals surface area contributed by atoms with E-state index in [0.717, 1.165) is 14.8 Å². The molecule has 0 aromatic carbocycles. The van der Waals surface area contributed by atoms with Crippen molar-refractivity contribution in [3.63, 3.8) is 0 Å². The van der Waals surface area contributed by atoms with E-state index in [1.807, 2.05) is 6.07 Å². The molecule has 0 fully saturated rings. The Hall–Kier alpha value is -1.49. The summed E-state index contributed by atoms with van der Waals surface area (Å²) in [7, 11) is 0. The van der Waals surface area contributed by atoms with Crippen LogP contribution in [0.1, 0.15) is 5.69 Å². The van der Waals surface area contributed by atoms with E-state index >= 15 is 0 Å². The highest BCUT2D eigenvalue weighted by Crippen LogP contribution is 2.17. The lowest BCUT2D eigenvalue weighted by Crippen LogP contribution is -2.29. The second-order valence-electron chi connectivity index (χ2n) is 3.06. The Balaban J connectivity index is 2.54. The fourth-order valence-electron chi connectivity index (χ4n) is 1.26. The minimum absolute atomic E-state index is 0.556. The molecule has 0 saturated heterocycles. The Morgan fingerprint density at radius 3 is 2.67 bits per heavy atom. The van der Waals surface area contributed by atoms with E-state index in [2.05, 4.69) is 25.9 Å². The summed E-state index contributed by atoms with van der Waals surface area (Å²) in [5.41, 5.74) is 1.35. The molecule has 0 radical (unpaired) electrons. The number of nitrogens with zero attached hydrogens (tertiary/aromatic N) is 3. The van der Waals surface area contributed by atoms with Gasteiger partial charge in [-0.1, -0.05) is 0 Å². The minimum atomic E-state index is 0.556. The maximum atomic E-state index is 11.3. The zero-order chi connectivity index (χ0) is 10.8. The average Bonchev–Trinajstić information content (AvgIpc) is 2.24. The molecule has 0 aliphatic rings. The average molecular weight is 266 g/mol. The van der Waals surface area contributed by atoms with Gasteiger partial charge in [-0.3, -0.25) is 0 Å². The smallest absolute Gasteiger partial charge is 0.200 e. The number of halogens is 1. The number of rotatable bonds is 1. The summed E-state index contributed by atoms with van der Waals surface area (Å²) in [5.74, 6) is 0.556. The summed E-state index contributed by atoms with van der Waals surface area (Å²) < 4.78 is 1.62. The predicted molar refractivity (Wildman–Crippen MR) is 58.9 cm³/mol. The van der Waals surface area contributed by atoms with Gasteiger partial charge in [0.15, 0.2) is 12.0 Å². The van der Waals surface area contributed by atoms with E-state index in [1.54, 1.807) is 25.4 Å². The van der Waals surface area contributed by atoms with Crippen LogP contribution in [-0.2, 0) is 0 Å². The Labute approximate surface area is 95.3 Å². The Kier molecular flexibility index (Phi) is 2.64. The predicted octanol–water partition coefficient (Wildman–Crippen LogP) is 1.85. The number of hydrogen-bond acceptors (Lipinski definition) is 3. The zero-order valence-corrected chi connectivity index (χ0v) is 9.60. The molecule has 2 aromatic rings. The van der Waals surface area contributed by atoms with Crippen LogP contribution in [0, 0.1) is 12.1 Å². The summed E-state index contributed by atoms with van der Waals surface area (Å²) >= 11 is 3.26. The van der Waals surface area contributed by atoms with Gasteiger partial charge in [0.1, 0.15) is 0 Å². The number of pyridine rings is 1. The van der Waals surface area contributed by atoms with E-state index in [4.69, 9.17) is 0 Å². The summed E-state index contributed by atoms with van der Waals surface area (Å²) in [6.07, 6.45) is 4.77. The lowest BCUT2D eigenvalue weighted by atomic mass is 10.2. The third kappa shape index (κ3) is 1.97. The van der Waals surface area contributed by atoms with E-state index in [-0.39, 0.29) is 0 Å². The zero-order valence-electron chi connectivity index (χ0n) is 8.01. The van der Waals surface area contributed by atoms with Gasteiger partial charge >= 0.3 is 0 Å². The van der Waals surface area contributed by atoms with Crippen molar-refractivity contribution in [2.45, 2.75) is 6.92 Å². The first kappa shape index (κ1) is 10.0. The highest BCUT2D eigenvalue weighted by Gasteiger charge is 2.10. The summed E-state index contributed by atoms with van der Waals surface area (Å²) in [6.45, 7) is 1.74. The fourth-order valence-corrected chi connectivity index (χ4v) is 1.46. The van der Waals surface area contributed by atoms with Crippen molar-refractivity contribution in [2.75, 3.05) is 0 Å². The van der Waals surface area contributed by atoms with Crippen molar-refractivity contribution in [1.29, 1.82) is 0 Å².